The number of nitrogens with zero attached hydrogens (tertiary/aromatic N) is 1. The number of hydrogen-bond acceptors (Lipinski definition) is 6. The predicted molar refractivity (Wildman–Crippen MR) is 98.7 cm³/mol. The molecule has 2 heterocycles. The molecule has 4 rings (SSSR count). The Balaban J connectivity index is 1.28. The van der Waals surface area contributed by atoms with Gasteiger partial charge in [-0.05, 0) is 30.3 Å². The third-order valence-electron chi connectivity index (χ3n) is 4.13. The van der Waals surface area contributed by atoms with Crippen molar-refractivity contribution in [1.82, 2.24) is 15.8 Å². The maximum atomic E-state index is 11.9. The van der Waals surface area contributed by atoms with Crippen molar-refractivity contribution in [2.75, 3.05) is 13.3 Å². The Bertz CT molecular complexity index is 1000. The van der Waals surface area contributed by atoms with Gasteiger partial charge in [-0.1, -0.05) is 23.4 Å². The van der Waals surface area contributed by atoms with Crippen molar-refractivity contribution in [2.24, 2.45) is 0 Å². The Kier molecular flexibility index (Phi) is 4.92. The monoisotopic (exact) mass is 379 g/mol. The minimum Gasteiger partial charge on any atom is -0.454 e. The molecule has 2 amide bonds. The van der Waals surface area contributed by atoms with Gasteiger partial charge in [0.05, 0.1) is 13.1 Å². The zero-order valence-electron chi connectivity index (χ0n) is 14.8. The fourth-order valence-electron chi connectivity index (χ4n) is 2.68. The first-order chi connectivity index (χ1) is 13.7. The van der Waals surface area contributed by atoms with Gasteiger partial charge >= 0.3 is 0 Å². The van der Waals surface area contributed by atoms with E-state index in [1.54, 1.807) is 36.4 Å². The molecule has 0 aliphatic carbocycles. The highest BCUT2D eigenvalue weighted by atomic mass is 16.7. The van der Waals surface area contributed by atoms with Crippen molar-refractivity contribution in [3.05, 3.63) is 65.9 Å². The summed E-state index contributed by atoms with van der Waals surface area (Å²) in [6, 6.07) is 15.9. The molecule has 0 bridgehead atoms. The maximum absolute atomic E-state index is 11.9. The van der Waals surface area contributed by atoms with E-state index < -0.39 is 0 Å². The van der Waals surface area contributed by atoms with Gasteiger partial charge in [-0.15, -0.1) is 0 Å². The Morgan fingerprint density at radius 2 is 1.79 bits per heavy atom. The number of rotatable bonds is 6. The molecule has 8 heteroatoms. The van der Waals surface area contributed by atoms with Crippen LogP contribution in [-0.4, -0.2) is 30.3 Å². The standard InChI is InChI=1S/C20H17N3O5/c24-19(11-22-20(25)13-4-2-1-3-5-13)21-10-15-9-17(28-23-15)14-6-7-16-18(8-14)27-12-26-16/h1-9H,10-12H2,(H,21,24)(H,22,25). The van der Waals surface area contributed by atoms with Crippen molar-refractivity contribution in [3.8, 4) is 22.8 Å². The van der Waals surface area contributed by atoms with Crippen molar-refractivity contribution in [3.63, 3.8) is 0 Å². The number of carbonyl (C=O) groups excluding carboxylic acids is 2. The van der Waals surface area contributed by atoms with Crippen LogP contribution < -0.4 is 20.1 Å². The van der Waals surface area contributed by atoms with E-state index in [9.17, 15) is 9.59 Å². The van der Waals surface area contributed by atoms with Crippen LogP contribution in [0.15, 0.2) is 59.1 Å². The van der Waals surface area contributed by atoms with Crippen LogP contribution in [0, 0.1) is 0 Å². The van der Waals surface area contributed by atoms with Crippen LogP contribution in [0.1, 0.15) is 16.1 Å². The smallest absolute Gasteiger partial charge is 0.251 e. The predicted octanol–water partition coefficient (Wildman–Crippen LogP) is 2.12. The topological polar surface area (TPSA) is 103 Å². The van der Waals surface area contributed by atoms with E-state index >= 15 is 0 Å². The molecule has 3 aromatic rings. The number of hydrogen-bond donors (Lipinski definition) is 2. The summed E-state index contributed by atoms with van der Waals surface area (Å²) >= 11 is 0. The zero-order chi connectivity index (χ0) is 19.3. The molecule has 0 radical (unpaired) electrons. The van der Waals surface area contributed by atoms with Crippen molar-refractivity contribution in [1.29, 1.82) is 0 Å². The first-order valence-corrected chi connectivity index (χ1v) is 8.64. The third kappa shape index (κ3) is 3.96. The number of amides is 2. The van der Waals surface area contributed by atoms with Gasteiger partial charge in [0.25, 0.3) is 5.91 Å². The summed E-state index contributed by atoms with van der Waals surface area (Å²) in [5, 5.41) is 9.21. The highest BCUT2D eigenvalue weighted by molar-refractivity contribution is 5.96. The van der Waals surface area contributed by atoms with Gasteiger partial charge in [-0.2, -0.15) is 0 Å². The minimum atomic E-state index is -0.322. The lowest BCUT2D eigenvalue weighted by atomic mass is 10.1. The minimum absolute atomic E-state index is 0.124. The van der Waals surface area contributed by atoms with Crippen molar-refractivity contribution in [2.45, 2.75) is 6.54 Å². The molecule has 0 saturated heterocycles. The summed E-state index contributed by atoms with van der Waals surface area (Å²) in [5.41, 5.74) is 1.86. The summed E-state index contributed by atoms with van der Waals surface area (Å²) in [5.74, 6) is 1.27. The zero-order valence-corrected chi connectivity index (χ0v) is 14.8. The molecule has 1 aliphatic heterocycles. The van der Waals surface area contributed by atoms with Crippen LogP contribution in [-0.2, 0) is 11.3 Å². The summed E-state index contributed by atoms with van der Waals surface area (Å²) in [6.45, 7) is 0.266. The van der Waals surface area contributed by atoms with Crippen LogP contribution in [0.2, 0.25) is 0 Å². The van der Waals surface area contributed by atoms with Gasteiger partial charge in [0, 0.05) is 17.2 Å². The molecule has 2 N–H and O–H groups in total. The van der Waals surface area contributed by atoms with Crippen molar-refractivity contribution >= 4 is 11.8 Å². The normalized spacial score (nSPS) is 11.9. The average molecular weight is 379 g/mol. The second kappa shape index (κ2) is 7.83. The number of ether oxygens (including phenoxy) is 2. The molecule has 1 aliphatic rings. The van der Waals surface area contributed by atoms with Crippen molar-refractivity contribution < 1.29 is 23.6 Å². The summed E-state index contributed by atoms with van der Waals surface area (Å²) in [7, 11) is 0. The number of carbonyl (C=O) groups is 2. The van der Waals surface area contributed by atoms with E-state index in [2.05, 4.69) is 15.8 Å². The van der Waals surface area contributed by atoms with Crippen LogP contribution >= 0.6 is 0 Å². The summed E-state index contributed by atoms with van der Waals surface area (Å²) in [4.78, 5) is 23.9. The molecule has 28 heavy (non-hydrogen) atoms. The third-order valence-corrected chi connectivity index (χ3v) is 4.13. The van der Waals surface area contributed by atoms with Gasteiger partial charge in [-0.3, -0.25) is 9.59 Å². The molecule has 0 unspecified atom stereocenters. The van der Waals surface area contributed by atoms with Gasteiger partial charge in [0.1, 0.15) is 5.69 Å². The molecule has 2 aromatic carbocycles. The molecular formula is C20H17N3O5. The quantitative estimate of drug-likeness (QED) is 0.680. The number of aromatic nitrogens is 1. The highest BCUT2D eigenvalue weighted by Crippen LogP contribution is 2.35. The van der Waals surface area contributed by atoms with Crippen LogP contribution in [0.25, 0.3) is 11.3 Å². The first-order valence-electron chi connectivity index (χ1n) is 8.64. The Morgan fingerprint density at radius 3 is 2.64 bits per heavy atom. The van der Waals surface area contributed by atoms with E-state index in [0.29, 0.717) is 28.5 Å². The molecule has 0 atom stereocenters. The van der Waals surface area contributed by atoms with Gasteiger partial charge in [0.15, 0.2) is 17.3 Å². The fraction of sp³-hybridized carbons (Fsp3) is 0.150. The highest BCUT2D eigenvalue weighted by Gasteiger charge is 2.16. The van der Waals surface area contributed by atoms with Gasteiger partial charge in [-0.25, -0.2) is 0 Å². The van der Waals surface area contributed by atoms with Crippen LogP contribution in [0.3, 0.4) is 0 Å². The second-order valence-electron chi connectivity index (χ2n) is 6.08. The SMILES string of the molecule is O=C(CNC(=O)c1ccccc1)NCc1cc(-c2ccc3c(c2)OCO3)on1. The van der Waals surface area contributed by atoms with E-state index in [1.807, 2.05) is 18.2 Å². The molecule has 142 valence electrons. The average Bonchev–Trinajstić information content (AvgIpc) is 3.39. The molecular weight excluding hydrogens is 362 g/mol. The summed E-state index contributed by atoms with van der Waals surface area (Å²) < 4.78 is 16.0. The van der Waals surface area contributed by atoms with E-state index in [4.69, 9.17) is 14.0 Å². The lowest BCUT2D eigenvalue weighted by Crippen LogP contribution is -2.36. The van der Waals surface area contributed by atoms with Gasteiger partial charge in [0.2, 0.25) is 12.7 Å². The first kappa shape index (κ1) is 17.6. The van der Waals surface area contributed by atoms with E-state index in [1.165, 1.54) is 0 Å². The molecule has 1 aromatic heterocycles. The Morgan fingerprint density at radius 1 is 0.964 bits per heavy atom. The number of nitrogens with one attached hydrogen (secondary N) is 2. The molecule has 0 fully saturated rings. The molecule has 0 spiro atoms. The Labute approximate surface area is 160 Å². The Hall–Kier alpha value is -3.81. The fourth-order valence-corrected chi connectivity index (χ4v) is 2.68. The number of fused-ring (bicyclic) bond motifs is 1. The number of benzene rings is 2. The van der Waals surface area contributed by atoms with Crippen LogP contribution in [0.5, 0.6) is 11.5 Å². The molecule has 8 nitrogen and oxygen atoms in total. The lowest BCUT2D eigenvalue weighted by molar-refractivity contribution is -0.120. The van der Waals surface area contributed by atoms with E-state index in [-0.39, 0.29) is 31.7 Å². The van der Waals surface area contributed by atoms with Gasteiger partial charge < -0.3 is 24.6 Å². The lowest BCUT2D eigenvalue weighted by Gasteiger charge is -2.05. The van der Waals surface area contributed by atoms with E-state index in [0.717, 1.165) is 5.56 Å². The summed E-state index contributed by atoms with van der Waals surface area (Å²) in [6.07, 6.45) is 0. The van der Waals surface area contributed by atoms with Crippen LogP contribution in [0.4, 0.5) is 0 Å². The maximum Gasteiger partial charge on any atom is 0.251 e. The second-order valence-corrected chi connectivity index (χ2v) is 6.08. The molecule has 0 saturated carbocycles. The largest absolute Gasteiger partial charge is 0.454 e.